The highest BCUT2D eigenvalue weighted by atomic mass is 15.3. The summed E-state index contributed by atoms with van der Waals surface area (Å²) >= 11 is 0. The van der Waals surface area contributed by atoms with Crippen molar-refractivity contribution in [1.82, 2.24) is 0 Å². The molecule has 2 unspecified atom stereocenters. The van der Waals surface area contributed by atoms with E-state index in [4.69, 9.17) is 0 Å². The molecule has 2 atom stereocenters. The lowest BCUT2D eigenvalue weighted by molar-refractivity contribution is 0.338. The number of piperidine rings is 4. The topological polar surface area (TPSA) is 13.0 Å². The molecular weight excluding hydrogens is 1160 g/mol. The Morgan fingerprint density at radius 3 is 1.14 bits per heavy atom. The second kappa shape index (κ2) is 22.8. The van der Waals surface area contributed by atoms with Crippen molar-refractivity contribution < 1.29 is 0 Å². The lowest BCUT2D eigenvalue weighted by atomic mass is 9.82. The van der Waals surface area contributed by atoms with Crippen LogP contribution in [0, 0.1) is 0 Å². The minimum atomic E-state index is 0.332. The Kier molecular flexibility index (Phi) is 13.3. The number of anilines is 4. The fourth-order valence-electron chi connectivity index (χ4n) is 19.2. The van der Waals surface area contributed by atoms with Gasteiger partial charge in [-0.15, -0.1) is 0 Å². The highest BCUT2D eigenvalue weighted by molar-refractivity contribution is 6.31. The molecule has 4 heterocycles. The van der Waals surface area contributed by atoms with Gasteiger partial charge >= 0.3 is 0 Å². The normalized spacial score (nSPS) is 17.6. The van der Waals surface area contributed by atoms with Crippen molar-refractivity contribution in [1.29, 1.82) is 0 Å². The summed E-state index contributed by atoms with van der Waals surface area (Å²) in [6.45, 7) is 6.51. The molecule has 0 bridgehead atoms. The van der Waals surface area contributed by atoms with E-state index in [1.165, 1.54) is 253 Å². The molecule has 0 saturated carbocycles. The van der Waals surface area contributed by atoms with Gasteiger partial charge in [-0.05, 0) is 279 Å². The minimum absolute atomic E-state index is 0.332. The smallest absolute Gasteiger partial charge is 0.0493 e. The van der Waals surface area contributed by atoms with Crippen LogP contribution in [0.15, 0.2) is 243 Å². The second-order valence-corrected chi connectivity index (χ2v) is 28.7. The Morgan fingerprint density at radius 2 is 0.594 bits per heavy atom. The summed E-state index contributed by atoms with van der Waals surface area (Å²) in [5, 5.41) is 21.3. The molecule has 0 radical (unpaired) electrons. The summed E-state index contributed by atoms with van der Waals surface area (Å²) in [4.78, 5) is 11.1. The third-order valence-corrected chi connectivity index (χ3v) is 23.6. The molecule has 0 amide bonds. The van der Waals surface area contributed by atoms with Crippen molar-refractivity contribution >= 4 is 109 Å². The maximum Gasteiger partial charge on any atom is 0.0493 e. The van der Waals surface area contributed by atoms with Gasteiger partial charge in [0.25, 0.3) is 0 Å². The predicted molar refractivity (Wildman–Crippen MR) is 412 cm³/mol. The van der Waals surface area contributed by atoms with Crippen molar-refractivity contribution in [3.05, 3.63) is 243 Å². The van der Waals surface area contributed by atoms with Gasteiger partial charge in [-0.25, -0.2) is 0 Å². The SMILES string of the molecule is c1ccc(-c2c3cc(N4CCCCC4)ccc3c(-c3ccc4c5c(cccc35)-c3ccccc3-4)c3cc(N4CCCCC4C4CCCCN4c4ccc5c(-c6ccc7ccc8cccc9ccc6c7c89)c6cc(N7CCCCC7)ccc6c(-c6ccccc6)c5c4)ccc23)cc1. The van der Waals surface area contributed by atoms with Gasteiger partial charge in [-0.3, -0.25) is 0 Å². The van der Waals surface area contributed by atoms with E-state index in [1.807, 2.05) is 0 Å². The van der Waals surface area contributed by atoms with Crippen LogP contribution in [-0.2, 0) is 0 Å². The third kappa shape index (κ3) is 8.86. The van der Waals surface area contributed by atoms with E-state index in [9.17, 15) is 0 Å². The molecule has 0 aromatic heterocycles. The van der Waals surface area contributed by atoms with Crippen molar-refractivity contribution in [2.45, 2.75) is 89.1 Å². The zero-order valence-electron chi connectivity index (χ0n) is 54.8. The number of rotatable bonds is 9. The van der Waals surface area contributed by atoms with Crippen LogP contribution in [0.4, 0.5) is 22.7 Å². The molecule has 4 fully saturated rings. The van der Waals surface area contributed by atoms with Gasteiger partial charge in [0, 0.05) is 74.1 Å². The lowest BCUT2D eigenvalue weighted by Crippen LogP contribution is -2.56. The van der Waals surface area contributed by atoms with E-state index in [-0.39, 0.29) is 0 Å². The molecule has 96 heavy (non-hydrogen) atoms. The number of benzene rings is 15. The Morgan fingerprint density at radius 1 is 0.219 bits per heavy atom. The molecule has 4 saturated heterocycles. The first-order chi connectivity index (χ1) is 47.6. The minimum Gasteiger partial charge on any atom is -0.372 e. The first-order valence-electron chi connectivity index (χ1n) is 36.2. The van der Waals surface area contributed by atoms with Crippen molar-refractivity contribution in [2.75, 3.05) is 58.9 Å². The summed E-state index contributed by atoms with van der Waals surface area (Å²) in [6.07, 6.45) is 14.8. The molecule has 1 aliphatic carbocycles. The number of nitrogens with zero attached hydrogens (tertiary/aromatic N) is 4. The van der Waals surface area contributed by atoms with Gasteiger partial charge in [-0.2, -0.15) is 0 Å². The third-order valence-electron chi connectivity index (χ3n) is 23.6. The van der Waals surface area contributed by atoms with Gasteiger partial charge in [0.1, 0.15) is 0 Å². The summed E-state index contributed by atoms with van der Waals surface area (Å²) in [6, 6.07) is 96.0. The van der Waals surface area contributed by atoms with Gasteiger partial charge in [-0.1, -0.05) is 194 Å². The summed E-state index contributed by atoms with van der Waals surface area (Å²) in [7, 11) is 0. The fraction of sp³-hybridized carbons (Fsp3) is 0.217. The molecule has 466 valence electrons. The molecule has 0 spiro atoms. The van der Waals surface area contributed by atoms with Gasteiger partial charge in [0.15, 0.2) is 0 Å². The standard InChI is InChI=1S/C92H78N4/c1-5-21-59(22-6-1)87-77-45-39-67(58-83(77)92(78-44-38-64(55-80(78)87)93-49-13-3-14-50-93)75-48-47-72-69-28-10-9-27-68(69)70-29-20-30-71(75)90(70)72)96-54-18-12-32-85(96)84-31-11-17-53-95(84)66-40-46-79-81(57-66)88(60-23-7-2-8-24-60)76-43-37-65(94-51-15-4-16-52-94)56-82(76)91(79)74-42-36-63-34-33-61-25-19-26-62-35-41-73(74)89(63)86(61)62/h1-2,5-10,19-30,33-48,55-58,84-85H,3-4,11-18,31-32,49-54H2. The van der Waals surface area contributed by atoms with Crippen LogP contribution in [0.1, 0.15) is 77.0 Å². The average Bonchev–Trinajstić information content (AvgIpc) is 1.09. The van der Waals surface area contributed by atoms with Crippen LogP contribution in [0.5, 0.6) is 0 Å². The lowest BCUT2D eigenvalue weighted by Gasteiger charge is -2.49. The summed E-state index contributed by atoms with van der Waals surface area (Å²) in [5.41, 5.74) is 21.3. The quantitative estimate of drug-likeness (QED) is 0.105. The maximum atomic E-state index is 2.89. The molecule has 4 nitrogen and oxygen atoms in total. The van der Waals surface area contributed by atoms with Crippen LogP contribution >= 0.6 is 0 Å². The molecule has 4 aliphatic heterocycles. The Bertz CT molecular complexity index is 5560. The van der Waals surface area contributed by atoms with Crippen LogP contribution in [0.2, 0.25) is 0 Å². The molecule has 5 aliphatic rings. The molecule has 15 aromatic rings. The summed E-state index contributed by atoms with van der Waals surface area (Å²) < 4.78 is 0. The van der Waals surface area contributed by atoms with Gasteiger partial charge in [0.05, 0.1) is 0 Å². The Labute approximate surface area is 563 Å². The molecule has 20 rings (SSSR count). The number of hydrogen-bond donors (Lipinski definition) is 0. The van der Waals surface area contributed by atoms with Crippen LogP contribution in [0.25, 0.3) is 153 Å². The van der Waals surface area contributed by atoms with E-state index < -0.39 is 0 Å². The number of fused-ring (bicyclic) bond motifs is 7. The number of hydrogen-bond acceptors (Lipinski definition) is 4. The molecule has 15 aromatic carbocycles. The average molecular weight is 1240 g/mol. The van der Waals surface area contributed by atoms with E-state index in [0.717, 1.165) is 39.3 Å². The van der Waals surface area contributed by atoms with Crippen molar-refractivity contribution in [3.63, 3.8) is 0 Å². The van der Waals surface area contributed by atoms with Gasteiger partial charge < -0.3 is 19.6 Å². The van der Waals surface area contributed by atoms with Crippen LogP contribution in [0.3, 0.4) is 0 Å². The fourth-order valence-corrected chi connectivity index (χ4v) is 19.2. The largest absolute Gasteiger partial charge is 0.372 e. The van der Waals surface area contributed by atoms with E-state index >= 15 is 0 Å². The van der Waals surface area contributed by atoms with Gasteiger partial charge in [0.2, 0.25) is 0 Å². The van der Waals surface area contributed by atoms with Crippen LogP contribution in [-0.4, -0.2) is 51.4 Å². The van der Waals surface area contributed by atoms with E-state index in [0.29, 0.717) is 12.1 Å². The highest BCUT2D eigenvalue weighted by Gasteiger charge is 2.37. The molecule has 0 N–H and O–H groups in total. The first kappa shape index (κ1) is 56.2. The molecule has 4 heteroatoms. The first-order valence-corrected chi connectivity index (χ1v) is 36.2. The Hall–Kier alpha value is -10.2. The van der Waals surface area contributed by atoms with Crippen molar-refractivity contribution in [3.8, 4) is 66.8 Å². The van der Waals surface area contributed by atoms with E-state index in [1.54, 1.807) is 0 Å². The maximum absolute atomic E-state index is 2.89. The zero-order chi connectivity index (χ0) is 63.0. The Balaban J connectivity index is 0.771. The highest BCUT2D eigenvalue weighted by Crippen LogP contribution is 2.55. The van der Waals surface area contributed by atoms with Crippen LogP contribution < -0.4 is 19.6 Å². The molecular formula is C92H78N4. The summed E-state index contributed by atoms with van der Waals surface area (Å²) in [5.74, 6) is 0. The van der Waals surface area contributed by atoms with Crippen molar-refractivity contribution in [2.24, 2.45) is 0 Å². The zero-order valence-corrected chi connectivity index (χ0v) is 54.8. The monoisotopic (exact) mass is 1240 g/mol. The predicted octanol–water partition coefficient (Wildman–Crippen LogP) is 24.1. The van der Waals surface area contributed by atoms with E-state index in [2.05, 4.69) is 262 Å². The second-order valence-electron chi connectivity index (χ2n) is 28.7.